The zero-order valence-corrected chi connectivity index (χ0v) is 12.0. The van der Waals surface area contributed by atoms with Gasteiger partial charge in [-0.15, -0.1) is 0 Å². The van der Waals surface area contributed by atoms with Gasteiger partial charge in [0.2, 0.25) is 11.8 Å². The molecule has 1 aliphatic rings. The number of rotatable bonds is 5. The first-order valence-electron chi connectivity index (χ1n) is 6.55. The molecule has 112 valence electrons. The van der Waals surface area contributed by atoms with Crippen LogP contribution in [0.1, 0.15) is 12.8 Å². The molecule has 1 unspecified atom stereocenters. The van der Waals surface area contributed by atoms with E-state index in [1.54, 1.807) is 24.3 Å². The number of hydrogen-bond donors (Lipinski definition) is 2. The van der Waals surface area contributed by atoms with Gasteiger partial charge in [-0.25, -0.2) is 0 Å². The highest BCUT2D eigenvalue weighted by molar-refractivity contribution is 6.31. The maximum Gasteiger partial charge on any atom is 0.305 e. The van der Waals surface area contributed by atoms with Gasteiger partial charge in [0.05, 0.1) is 6.42 Å². The fraction of sp³-hybridized carbons (Fsp3) is 0.357. The molecule has 6 nitrogen and oxygen atoms in total. The van der Waals surface area contributed by atoms with Crippen molar-refractivity contribution in [1.29, 1.82) is 0 Å². The summed E-state index contributed by atoms with van der Waals surface area (Å²) >= 11 is 5.90. The number of benzene rings is 1. The number of carbonyl (C=O) groups excluding carboxylic acids is 2. The lowest BCUT2D eigenvalue weighted by Crippen LogP contribution is -2.37. The Morgan fingerprint density at radius 3 is 2.86 bits per heavy atom. The van der Waals surface area contributed by atoms with Crippen LogP contribution < -0.4 is 10.2 Å². The smallest absolute Gasteiger partial charge is 0.305 e. The van der Waals surface area contributed by atoms with Crippen molar-refractivity contribution in [3.63, 3.8) is 0 Å². The molecule has 1 saturated heterocycles. The van der Waals surface area contributed by atoms with Crippen LogP contribution in [0.3, 0.4) is 0 Å². The molecule has 1 aliphatic heterocycles. The van der Waals surface area contributed by atoms with Crippen LogP contribution in [-0.4, -0.2) is 36.0 Å². The number of aliphatic carboxylic acids is 1. The summed E-state index contributed by atoms with van der Waals surface area (Å²) in [5.74, 6) is -2.47. The molecular weight excluding hydrogens is 296 g/mol. The third-order valence-corrected chi connectivity index (χ3v) is 3.52. The Morgan fingerprint density at radius 1 is 1.43 bits per heavy atom. The molecule has 2 amide bonds. The Hall–Kier alpha value is -2.08. The lowest BCUT2D eigenvalue weighted by molar-refractivity contribution is -0.137. The summed E-state index contributed by atoms with van der Waals surface area (Å²) in [5, 5.41) is 11.5. The summed E-state index contributed by atoms with van der Waals surface area (Å²) < 4.78 is 0. The van der Waals surface area contributed by atoms with E-state index in [-0.39, 0.29) is 18.9 Å². The van der Waals surface area contributed by atoms with Crippen molar-refractivity contribution in [3.05, 3.63) is 29.3 Å². The van der Waals surface area contributed by atoms with Crippen molar-refractivity contribution in [3.8, 4) is 0 Å². The van der Waals surface area contributed by atoms with E-state index < -0.39 is 17.8 Å². The molecule has 0 aromatic heterocycles. The minimum atomic E-state index is -0.992. The van der Waals surface area contributed by atoms with E-state index in [1.165, 1.54) is 4.90 Å². The molecule has 2 rings (SSSR count). The van der Waals surface area contributed by atoms with Gasteiger partial charge in [-0.2, -0.15) is 0 Å². The van der Waals surface area contributed by atoms with E-state index in [1.807, 2.05) is 0 Å². The zero-order valence-electron chi connectivity index (χ0n) is 11.2. The predicted molar refractivity (Wildman–Crippen MR) is 77.2 cm³/mol. The number of amides is 2. The van der Waals surface area contributed by atoms with Crippen molar-refractivity contribution < 1.29 is 19.5 Å². The number of carboxylic acid groups (broad SMARTS) is 1. The van der Waals surface area contributed by atoms with E-state index in [2.05, 4.69) is 5.32 Å². The summed E-state index contributed by atoms with van der Waals surface area (Å²) in [6.45, 7) is 0.464. The van der Waals surface area contributed by atoms with Crippen LogP contribution in [0, 0.1) is 5.92 Å². The van der Waals surface area contributed by atoms with Crippen LogP contribution in [-0.2, 0) is 14.4 Å². The molecule has 1 aromatic rings. The van der Waals surface area contributed by atoms with Crippen molar-refractivity contribution in [1.82, 2.24) is 5.32 Å². The summed E-state index contributed by atoms with van der Waals surface area (Å²) in [6.07, 6.45) is 0.245. The van der Waals surface area contributed by atoms with Gasteiger partial charge in [0.1, 0.15) is 5.92 Å². The van der Waals surface area contributed by atoms with E-state index >= 15 is 0 Å². The van der Waals surface area contributed by atoms with Crippen LogP contribution in [0.5, 0.6) is 0 Å². The van der Waals surface area contributed by atoms with Gasteiger partial charge in [-0.05, 0) is 24.6 Å². The molecule has 1 aromatic carbocycles. The molecule has 0 spiro atoms. The second kappa shape index (κ2) is 6.58. The number of hydrogen-bond acceptors (Lipinski definition) is 3. The molecule has 0 aliphatic carbocycles. The average molecular weight is 311 g/mol. The van der Waals surface area contributed by atoms with Crippen LogP contribution in [0.2, 0.25) is 5.02 Å². The lowest BCUT2D eigenvalue weighted by Gasteiger charge is -2.17. The van der Waals surface area contributed by atoms with E-state index in [4.69, 9.17) is 16.7 Å². The summed E-state index contributed by atoms with van der Waals surface area (Å²) in [5.41, 5.74) is 0.660. The second-order valence-electron chi connectivity index (χ2n) is 4.75. The maximum absolute atomic E-state index is 12.3. The highest BCUT2D eigenvalue weighted by atomic mass is 35.5. The number of carboxylic acids is 1. The average Bonchev–Trinajstić information content (AvgIpc) is 2.80. The Morgan fingerprint density at radius 2 is 2.19 bits per heavy atom. The molecule has 0 bridgehead atoms. The third kappa shape index (κ3) is 3.72. The van der Waals surface area contributed by atoms with Crippen molar-refractivity contribution >= 4 is 35.1 Å². The van der Waals surface area contributed by atoms with Gasteiger partial charge in [0, 0.05) is 23.8 Å². The Balaban J connectivity index is 1.98. The monoisotopic (exact) mass is 310 g/mol. The highest BCUT2D eigenvalue weighted by Crippen LogP contribution is 2.27. The fourth-order valence-corrected chi connectivity index (χ4v) is 2.42. The van der Waals surface area contributed by atoms with Crippen molar-refractivity contribution in [2.24, 2.45) is 5.92 Å². The van der Waals surface area contributed by atoms with E-state index in [9.17, 15) is 14.4 Å². The summed E-state index contributed by atoms with van der Waals surface area (Å²) in [7, 11) is 0. The predicted octanol–water partition coefficient (Wildman–Crippen LogP) is 1.28. The topological polar surface area (TPSA) is 86.7 Å². The number of carbonyl (C=O) groups is 3. The number of nitrogens with zero attached hydrogens (tertiary/aromatic N) is 1. The molecular formula is C14H15ClN2O4. The molecule has 2 N–H and O–H groups in total. The normalized spacial score (nSPS) is 17.9. The van der Waals surface area contributed by atoms with Gasteiger partial charge < -0.3 is 15.3 Å². The van der Waals surface area contributed by atoms with E-state index in [0.717, 1.165) is 0 Å². The van der Waals surface area contributed by atoms with Gasteiger partial charge in [0.25, 0.3) is 0 Å². The quantitative estimate of drug-likeness (QED) is 0.802. The first-order chi connectivity index (χ1) is 9.99. The standard InChI is InChI=1S/C14H15ClN2O4/c15-9-2-1-3-10(8-9)17-7-5-11(14(17)21)13(20)16-6-4-12(18)19/h1-3,8,11H,4-7H2,(H,16,20)(H,18,19). The molecule has 0 radical (unpaired) electrons. The highest BCUT2D eigenvalue weighted by Gasteiger charge is 2.37. The first kappa shape index (κ1) is 15.3. The number of nitrogens with one attached hydrogen (secondary N) is 1. The molecule has 21 heavy (non-hydrogen) atoms. The van der Waals surface area contributed by atoms with Crippen molar-refractivity contribution in [2.45, 2.75) is 12.8 Å². The summed E-state index contributed by atoms with van der Waals surface area (Å²) in [6, 6.07) is 6.88. The van der Waals surface area contributed by atoms with Crippen LogP contribution in [0.15, 0.2) is 24.3 Å². The molecule has 1 fully saturated rings. The molecule has 1 atom stereocenters. The zero-order chi connectivity index (χ0) is 15.4. The van der Waals surface area contributed by atoms with Gasteiger partial charge in [-0.1, -0.05) is 17.7 Å². The lowest BCUT2D eigenvalue weighted by atomic mass is 10.1. The van der Waals surface area contributed by atoms with E-state index in [0.29, 0.717) is 23.7 Å². The molecule has 7 heteroatoms. The number of anilines is 1. The third-order valence-electron chi connectivity index (χ3n) is 3.28. The van der Waals surface area contributed by atoms with Gasteiger partial charge >= 0.3 is 5.97 Å². The maximum atomic E-state index is 12.3. The van der Waals surface area contributed by atoms with Crippen LogP contribution >= 0.6 is 11.6 Å². The first-order valence-corrected chi connectivity index (χ1v) is 6.93. The minimum absolute atomic E-state index is 0.0229. The SMILES string of the molecule is O=C(O)CCNC(=O)C1CCN(c2cccc(Cl)c2)C1=O. The fourth-order valence-electron chi connectivity index (χ4n) is 2.24. The largest absolute Gasteiger partial charge is 0.481 e. The Bertz CT molecular complexity index is 576. The van der Waals surface area contributed by atoms with Gasteiger partial charge in [0.15, 0.2) is 0 Å². The Labute approximate surface area is 126 Å². The van der Waals surface area contributed by atoms with Crippen molar-refractivity contribution in [2.75, 3.05) is 18.0 Å². The number of halogens is 1. The second-order valence-corrected chi connectivity index (χ2v) is 5.18. The molecule has 1 heterocycles. The van der Waals surface area contributed by atoms with Gasteiger partial charge in [-0.3, -0.25) is 14.4 Å². The minimum Gasteiger partial charge on any atom is -0.481 e. The molecule has 0 saturated carbocycles. The van der Waals surface area contributed by atoms with Crippen LogP contribution in [0.4, 0.5) is 5.69 Å². The Kier molecular flexibility index (Phi) is 4.80. The van der Waals surface area contributed by atoms with Crippen LogP contribution in [0.25, 0.3) is 0 Å². The summed E-state index contributed by atoms with van der Waals surface area (Å²) in [4.78, 5) is 36.1.